The predicted octanol–water partition coefficient (Wildman–Crippen LogP) is 3.46. The molecule has 5 heteroatoms. The van der Waals surface area contributed by atoms with E-state index in [1.807, 2.05) is 19.0 Å². The zero-order valence-electron chi connectivity index (χ0n) is 11.9. The maximum Gasteiger partial charge on any atom is 0.416 e. The van der Waals surface area contributed by atoms with Crippen LogP contribution in [-0.2, 0) is 12.6 Å². The number of halogens is 3. The van der Waals surface area contributed by atoms with Gasteiger partial charge in [0.1, 0.15) is 0 Å². The minimum absolute atomic E-state index is 0.155. The van der Waals surface area contributed by atoms with Crippen molar-refractivity contribution in [2.75, 3.05) is 25.5 Å². The summed E-state index contributed by atoms with van der Waals surface area (Å²) in [6.45, 7) is 0.902. The van der Waals surface area contributed by atoms with Crippen molar-refractivity contribution in [1.82, 2.24) is 5.32 Å². The van der Waals surface area contributed by atoms with E-state index < -0.39 is 11.7 Å². The average molecular weight is 286 g/mol. The molecule has 1 unspecified atom stereocenters. The molecule has 1 aliphatic rings. The van der Waals surface area contributed by atoms with Gasteiger partial charge in [0.2, 0.25) is 0 Å². The number of nitrogens with zero attached hydrogens (tertiary/aromatic N) is 1. The van der Waals surface area contributed by atoms with E-state index in [4.69, 9.17) is 0 Å². The first-order chi connectivity index (χ1) is 9.38. The minimum atomic E-state index is -4.28. The van der Waals surface area contributed by atoms with Crippen molar-refractivity contribution >= 4 is 5.69 Å². The zero-order chi connectivity index (χ0) is 14.8. The topological polar surface area (TPSA) is 15.3 Å². The van der Waals surface area contributed by atoms with E-state index in [2.05, 4.69) is 5.32 Å². The standard InChI is InChI=1S/C15H21F3N2/c1-20(2)13-6-7-14(15(16,17)18)11(10-13)9-12-5-3-4-8-19-12/h6-7,10,12,19H,3-5,8-9H2,1-2H3. The van der Waals surface area contributed by atoms with Gasteiger partial charge in [-0.25, -0.2) is 0 Å². The van der Waals surface area contributed by atoms with Gasteiger partial charge < -0.3 is 10.2 Å². The molecule has 1 heterocycles. The highest BCUT2D eigenvalue weighted by molar-refractivity contribution is 5.51. The quantitative estimate of drug-likeness (QED) is 0.915. The Morgan fingerprint density at radius 2 is 2.00 bits per heavy atom. The number of anilines is 1. The summed E-state index contributed by atoms with van der Waals surface area (Å²) in [4.78, 5) is 1.83. The summed E-state index contributed by atoms with van der Waals surface area (Å²) in [5.41, 5.74) is 0.697. The van der Waals surface area contributed by atoms with Gasteiger partial charge in [-0.3, -0.25) is 0 Å². The third kappa shape index (κ3) is 3.66. The third-order valence-electron chi connectivity index (χ3n) is 3.79. The van der Waals surface area contributed by atoms with Gasteiger partial charge in [-0.1, -0.05) is 6.42 Å². The van der Waals surface area contributed by atoms with Gasteiger partial charge in [-0.2, -0.15) is 13.2 Å². The van der Waals surface area contributed by atoms with Crippen molar-refractivity contribution in [3.05, 3.63) is 29.3 Å². The average Bonchev–Trinajstić information content (AvgIpc) is 2.38. The first-order valence-corrected chi connectivity index (χ1v) is 6.99. The molecule has 1 fully saturated rings. The molecule has 0 saturated carbocycles. The Kier molecular flexibility index (Phi) is 4.58. The minimum Gasteiger partial charge on any atom is -0.378 e. The van der Waals surface area contributed by atoms with E-state index in [0.717, 1.165) is 31.5 Å². The smallest absolute Gasteiger partial charge is 0.378 e. The van der Waals surface area contributed by atoms with Gasteiger partial charge in [0.05, 0.1) is 5.56 Å². The number of hydrogen-bond donors (Lipinski definition) is 1. The molecule has 0 radical (unpaired) electrons. The molecule has 1 aromatic carbocycles. The highest BCUT2D eigenvalue weighted by Gasteiger charge is 2.34. The maximum atomic E-state index is 13.1. The van der Waals surface area contributed by atoms with Gasteiger partial charge in [0.25, 0.3) is 0 Å². The van der Waals surface area contributed by atoms with E-state index in [-0.39, 0.29) is 6.04 Å². The molecular formula is C15H21F3N2. The largest absolute Gasteiger partial charge is 0.416 e. The molecule has 0 spiro atoms. The van der Waals surface area contributed by atoms with Crippen LogP contribution in [0.2, 0.25) is 0 Å². The molecular weight excluding hydrogens is 265 g/mol. The van der Waals surface area contributed by atoms with Crippen LogP contribution in [0, 0.1) is 0 Å². The molecule has 1 aromatic rings. The van der Waals surface area contributed by atoms with Crippen LogP contribution >= 0.6 is 0 Å². The first kappa shape index (κ1) is 15.2. The van der Waals surface area contributed by atoms with Crippen molar-refractivity contribution in [3.8, 4) is 0 Å². The number of benzene rings is 1. The summed E-state index contributed by atoms with van der Waals surface area (Å²) in [5.74, 6) is 0. The van der Waals surface area contributed by atoms with E-state index in [1.165, 1.54) is 12.1 Å². The zero-order valence-corrected chi connectivity index (χ0v) is 11.9. The van der Waals surface area contributed by atoms with Crippen LogP contribution in [0.25, 0.3) is 0 Å². The molecule has 0 aliphatic carbocycles. The molecule has 2 rings (SSSR count). The van der Waals surface area contributed by atoms with Crippen LogP contribution in [-0.4, -0.2) is 26.7 Å². The van der Waals surface area contributed by atoms with Gasteiger partial charge >= 0.3 is 6.18 Å². The lowest BCUT2D eigenvalue weighted by Crippen LogP contribution is -2.36. The molecule has 20 heavy (non-hydrogen) atoms. The van der Waals surface area contributed by atoms with Crippen LogP contribution in [0.5, 0.6) is 0 Å². The van der Waals surface area contributed by atoms with Crippen molar-refractivity contribution in [3.63, 3.8) is 0 Å². The molecule has 1 atom stereocenters. The lowest BCUT2D eigenvalue weighted by molar-refractivity contribution is -0.138. The molecule has 1 saturated heterocycles. The monoisotopic (exact) mass is 286 g/mol. The van der Waals surface area contributed by atoms with Crippen LogP contribution in [0.1, 0.15) is 30.4 Å². The molecule has 112 valence electrons. The molecule has 2 nitrogen and oxygen atoms in total. The number of hydrogen-bond acceptors (Lipinski definition) is 2. The van der Waals surface area contributed by atoms with E-state index >= 15 is 0 Å². The number of nitrogens with one attached hydrogen (secondary N) is 1. The molecule has 0 aromatic heterocycles. The Bertz CT molecular complexity index is 449. The number of rotatable bonds is 3. The fourth-order valence-corrected chi connectivity index (χ4v) is 2.67. The third-order valence-corrected chi connectivity index (χ3v) is 3.79. The Hall–Kier alpha value is -1.23. The van der Waals surface area contributed by atoms with Crippen molar-refractivity contribution in [2.45, 2.75) is 37.9 Å². The van der Waals surface area contributed by atoms with Crippen LogP contribution < -0.4 is 10.2 Å². The van der Waals surface area contributed by atoms with Gasteiger partial charge in [-0.05, 0) is 49.6 Å². The van der Waals surface area contributed by atoms with Crippen LogP contribution in [0.3, 0.4) is 0 Å². The number of piperidine rings is 1. The Morgan fingerprint density at radius 1 is 1.25 bits per heavy atom. The molecule has 0 bridgehead atoms. The van der Waals surface area contributed by atoms with Crippen LogP contribution in [0.15, 0.2) is 18.2 Å². The lowest BCUT2D eigenvalue weighted by Gasteiger charge is -2.25. The summed E-state index contributed by atoms with van der Waals surface area (Å²) in [5, 5.41) is 3.31. The summed E-state index contributed by atoms with van der Waals surface area (Å²) in [7, 11) is 3.68. The van der Waals surface area contributed by atoms with E-state index in [0.29, 0.717) is 12.0 Å². The molecule has 0 amide bonds. The Morgan fingerprint density at radius 3 is 2.55 bits per heavy atom. The van der Waals surface area contributed by atoms with E-state index in [9.17, 15) is 13.2 Å². The summed E-state index contributed by atoms with van der Waals surface area (Å²) < 4.78 is 39.3. The summed E-state index contributed by atoms with van der Waals surface area (Å²) >= 11 is 0. The first-order valence-electron chi connectivity index (χ1n) is 6.99. The SMILES string of the molecule is CN(C)c1ccc(C(F)(F)F)c(CC2CCCCN2)c1. The van der Waals surface area contributed by atoms with Crippen LogP contribution in [0.4, 0.5) is 18.9 Å². The van der Waals surface area contributed by atoms with Gasteiger partial charge in [0.15, 0.2) is 0 Å². The summed E-state index contributed by atoms with van der Waals surface area (Å²) in [6.07, 6.45) is -0.693. The van der Waals surface area contributed by atoms with Gasteiger partial charge in [-0.15, -0.1) is 0 Å². The fourth-order valence-electron chi connectivity index (χ4n) is 2.67. The lowest BCUT2D eigenvalue weighted by atomic mass is 9.94. The highest BCUT2D eigenvalue weighted by Crippen LogP contribution is 2.34. The molecule has 1 aliphatic heterocycles. The normalized spacial score (nSPS) is 19.9. The predicted molar refractivity (Wildman–Crippen MR) is 75.1 cm³/mol. The second-order valence-corrected chi connectivity index (χ2v) is 5.58. The van der Waals surface area contributed by atoms with Crippen molar-refractivity contribution in [1.29, 1.82) is 0 Å². The summed E-state index contributed by atoms with van der Waals surface area (Å²) in [6, 6.07) is 4.55. The molecule has 1 N–H and O–H groups in total. The van der Waals surface area contributed by atoms with E-state index in [1.54, 1.807) is 6.07 Å². The maximum absolute atomic E-state index is 13.1. The van der Waals surface area contributed by atoms with Crippen molar-refractivity contribution < 1.29 is 13.2 Å². The Labute approximate surface area is 118 Å². The second kappa shape index (κ2) is 6.04. The van der Waals surface area contributed by atoms with Crippen molar-refractivity contribution in [2.24, 2.45) is 0 Å². The second-order valence-electron chi connectivity index (χ2n) is 5.58. The highest BCUT2D eigenvalue weighted by atomic mass is 19.4. The fraction of sp³-hybridized carbons (Fsp3) is 0.600. The number of alkyl halides is 3. The van der Waals surface area contributed by atoms with Gasteiger partial charge in [0, 0.05) is 25.8 Å². The Balaban J connectivity index is 2.28.